The SMILES string of the molecule is CC(=O)OI(C)c1ccccc1. The number of hydrogen-bond acceptors (Lipinski definition) is 2. The van der Waals surface area contributed by atoms with Crippen LogP contribution >= 0.6 is 20.2 Å². The Morgan fingerprint density at radius 3 is 2.42 bits per heavy atom. The average Bonchev–Trinajstić information content (AvgIpc) is 2.05. The summed E-state index contributed by atoms with van der Waals surface area (Å²) in [6.45, 7) is 1.46. The first-order valence-corrected chi connectivity index (χ1v) is 7.66. The van der Waals surface area contributed by atoms with Crippen LogP contribution < -0.4 is 0 Å². The van der Waals surface area contributed by atoms with Crippen molar-refractivity contribution in [2.24, 2.45) is 0 Å². The van der Waals surface area contributed by atoms with Gasteiger partial charge in [-0.1, -0.05) is 0 Å². The third-order valence-electron chi connectivity index (χ3n) is 1.26. The molecule has 0 aliphatic heterocycles. The Hall–Kier alpha value is -0.580. The van der Waals surface area contributed by atoms with Crippen LogP contribution in [0.2, 0.25) is 0 Å². The second-order valence-corrected chi connectivity index (χ2v) is 6.37. The molecule has 0 radical (unpaired) electrons. The number of hydrogen-bond donors (Lipinski definition) is 0. The molecule has 0 fully saturated rings. The summed E-state index contributed by atoms with van der Waals surface area (Å²) in [5.41, 5.74) is 0. The topological polar surface area (TPSA) is 26.3 Å². The van der Waals surface area contributed by atoms with Crippen LogP contribution in [0.3, 0.4) is 0 Å². The van der Waals surface area contributed by atoms with E-state index < -0.39 is 20.2 Å². The van der Waals surface area contributed by atoms with Gasteiger partial charge < -0.3 is 0 Å². The first-order chi connectivity index (χ1) is 5.70. The Kier molecular flexibility index (Phi) is 3.52. The molecule has 0 unspecified atom stereocenters. The zero-order valence-corrected chi connectivity index (χ0v) is 9.24. The van der Waals surface area contributed by atoms with Crippen LogP contribution in [0.1, 0.15) is 6.92 Å². The van der Waals surface area contributed by atoms with Crippen LogP contribution in [0, 0.1) is 3.57 Å². The van der Waals surface area contributed by atoms with Crippen molar-refractivity contribution in [3.63, 3.8) is 0 Å². The van der Waals surface area contributed by atoms with Crippen molar-refractivity contribution in [3.8, 4) is 0 Å². The summed E-state index contributed by atoms with van der Waals surface area (Å²) in [7, 11) is 0. The predicted molar refractivity (Wildman–Crippen MR) is 56.8 cm³/mol. The van der Waals surface area contributed by atoms with E-state index in [0.717, 1.165) is 0 Å². The van der Waals surface area contributed by atoms with Crippen LogP contribution in [-0.4, -0.2) is 10.9 Å². The van der Waals surface area contributed by atoms with Gasteiger partial charge in [-0.2, -0.15) is 0 Å². The fourth-order valence-electron chi connectivity index (χ4n) is 0.800. The third-order valence-corrected chi connectivity index (χ3v) is 5.02. The molecule has 0 atom stereocenters. The standard InChI is InChI=1S/C9H11IO2/c1-8(11)12-10(2)9-6-4-3-5-7-9/h3-7H,1-2H3. The molecule has 1 aromatic carbocycles. The van der Waals surface area contributed by atoms with Crippen molar-refractivity contribution in [1.82, 2.24) is 0 Å². The van der Waals surface area contributed by atoms with Crippen molar-refractivity contribution in [1.29, 1.82) is 0 Å². The number of benzene rings is 1. The first-order valence-electron chi connectivity index (χ1n) is 3.54. The Balaban J connectivity index is 2.65. The van der Waals surface area contributed by atoms with E-state index in [2.05, 4.69) is 0 Å². The minimum absolute atomic E-state index is 0.174. The molecular formula is C9H11IO2. The van der Waals surface area contributed by atoms with Gasteiger partial charge in [-0.3, -0.25) is 0 Å². The fourth-order valence-corrected chi connectivity index (χ4v) is 3.41. The van der Waals surface area contributed by atoms with Crippen molar-refractivity contribution >= 4 is 26.2 Å². The summed E-state index contributed by atoms with van der Waals surface area (Å²) in [5.74, 6) is -0.174. The Morgan fingerprint density at radius 2 is 1.92 bits per heavy atom. The van der Waals surface area contributed by atoms with Crippen LogP contribution in [0.5, 0.6) is 0 Å². The van der Waals surface area contributed by atoms with E-state index in [1.165, 1.54) is 10.5 Å². The van der Waals surface area contributed by atoms with Gasteiger partial charge in [0.2, 0.25) is 0 Å². The van der Waals surface area contributed by atoms with Gasteiger partial charge in [-0.15, -0.1) is 0 Å². The van der Waals surface area contributed by atoms with E-state index in [0.29, 0.717) is 0 Å². The summed E-state index contributed by atoms with van der Waals surface area (Å²) < 4.78 is 6.33. The number of alkyl halides is 1. The van der Waals surface area contributed by atoms with E-state index in [1.54, 1.807) is 0 Å². The zero-order chi connectivity index (χ0) is 8.97. The Labute approximate surface area is 79.9 Å². The monoisotopic (exact) mass is 278 g/mol. The molecule has 0 amide bonds. The molecule has 0 aliphatic carbocycles. The Morgan fingerprint density at radius 1 is 1.33 bits per heavy atom. The molecule has 3 heteroatoms. The van der Waals surface area contributed by atoms with Gasteiger partial charge in [0.05, 0.1) is 0 Å². The van der Waals surface area contributed by atoms with Crippen LogP contribution in [0.4, 0.5) is 0 Å². The van der Waals surface area contributed by atoms with Crippen molar-refractivity contribution in [2.45, 2.75) is 6.92 Å². The number of rotatable bonds is 2. The quantitative estimate of drug-likeness (QED) is 0.613. The molecule has 0 saturated carbocycles. The molecule has 2 nitrogen and oxygen atoms in total. The molecule has 0 heterocycles. The van der Waals surface area contributed by atoms with Gasteiger partial charge in [0.25, 0.3) is 0 Å². The van der Waals surface area contributed by atoms with E-state index in [9.17, 15) is 4.79 Å². The second-order valence-electron chi connectivity index (χ2n) is 2.28. The maximum atomic E-state index is 10.6. The van der Waals surface area contributed by atoms with Crippen LogP contribution in [0.25, 0.3) is 0 Å². The van der Waals surface area contributed by atoms with Crippen molar-refractivity contribution < 1.29 is 7.86 Å². The fraction of sp³-hybridized carbons (Fsp3) is 0.222. The number of carbonyl (C=O) groups is 1. The predicted octanol–water partition coefficient (Wildman–Crippen LogP) is 2.47. The molecular weight excluding hydrogens is 267 g/mol. The first kappa shape index (κ1) is 9.51. The molecule has 0 spiro atoms. The number of halogens is 1. The van der Waals surface area contributed by atoms with E-state index in [1.807, 2.05) is 35.3 Å². The molecule has 0 bridgehead atoms. The molecule has 66 valence electrons. The van der Waals surface area contributed by atoms with Gasteiger partial charge in [-0.25, -0.2) is 0 Å². The van der Waals surface area contributed by atoms with E-state index >= 15 is 0 Å². The molecule has 0 aliphatic rings. The van der Waals surface area contributed by atoms with Crippen molar-refractivity contribution in [3.05, 3.63) is 33.9 Å². The van der Waals surface area contributed by atoms with E-state index in [-0.39, 0.29) is 5.97 Å². The van der Waals surface area contributed by atoms with E-state index in [4.69, 9.17) is 3.07 Å². The van der Waals surface area contributed by atoms with Crippen LogP contribution in [-0.2, 0) is 7.86 Å². The molecule has 1 aromatic rings. The summed E-state index contributed by atoms with van der Waals surface area (Å²) in [6.07, 6.45) is 0. The normalized spacial score (nSPS) is 10.7. The van der Waals surface area contributed by atoms with Gasteiger partial charge in [0, 0.05) is 0 Å². The molecule has 1 rings (SSSR count). The summed E-state index contributed by atoms with van der Waals surface area (Å²) in [6, 6.07) is 9.91. The Bertz CT molecular complexity index is 258. The van der Waals surface area contributed by atoms with Gasteiger partial charge >= 0.3 is 79.8 Å². The molecule has 0 aromatic heterocycles. The summed E-state index contributed by atoms with van der Waals surface area (Å²) >= 11 is -1.64. The van der Waals surface area contributed by atoms with Crippen LogP contribution in [0.15, 0.2) is 30.3 Å². The number of carbonyl (C=O) groups excluding carboxylic acids is 1. The van der Waals surface area contributed by atoms with Gasteiger partial charge in [-0.05, 0) is 0 Å². The van der Waals surface area contributed by atoms with Gasteiger partial charge in [0.15, 0.2) is 0 Å². The summed E-state index contributed by atoms with van der Waals surface area (Å²) in [4.78, 5) is 12.7. The molecule has 0 saturated heterocycles. The van der Waals surface area contributed by atoms with Gasteiger partial charge in [0.1, 0.15) is 0 Å². The molecule has 12 heavy (non-hydrogen) atoms. The maximum absolute atomic E-state index is 10.6. The second kappa shape index (κ2) is 4.45. The zero-order valence-electron chi connectivity index (χ0n) is 7.08. The average molecular weight is 278 g/mol. The molecule has 0 N–H and O–H groups in total. The summed E-state index contributed by atoms with van der Waals surface area (Å²) in [5, 5.41) is 0. The minimum atomic E-state index is -1.64. The van der Waals surface area contributed by atoms with Crippen molar-refractivity contribution in [2.75, 3.05) is 4.93 Å². The third kappa shape index (κ3) is 2.81.